The zero-order chi connectivity index (χ0) is 8.43. The Morgan fingerprint density at radius 1 is 1.73 bits per heavy atom. The minimum atomic E-state index is 0.446. The Morgan fingerprint density at radius 2 is 2.36 bits per heavy atom. The van der Waals surface area contributed by atoms with Crippen LogP contribution in [0.5, 0.6) is 0 Å². The third kappa shape index (κ3) is 1.51. The molecule has 0 amide bonds. The van der Waals surface area contributed by atoms with Gasteiger partial charge in [-0.05, 0) is 12.8 Å². The van der Waals surface area contributed by atoms with E-state index in [1.807, 2.05) is 4.90 Å². The predicted octanol–water partition coefficient (Wildman–Crippen LogP) is 1.57. The van der Waals surface area contributed by atoms with Gasteiger partial charge in [0.05, 0.1) is 11.1 Å². The first-order valence-corrected chi connectivity index (χ1v) is 4.24. The summed E-state index contributed by atoms with van der Waals surface area (Å²) in [7, 11) is 0. The molecule has 3 heteroatoms. The van der Waals surface area contributed by atoms with Gasteiger partial charge < -0.3 is 4.90 Å². The molecule has 0 N–H and O–H groups in total. The fraction of sp³-hybridized carbons (Fsp3) is 0.750. The number of rotatable bonds is 1. The fourth-order valence-electron chi connectivity index (χ4n) is 1.41. The van der Waals surface area contributed by atoms with E-state index in [0.717, 1.165) is 11.4 Å². The number of hydrogen-bond acceptors (Lipinski definition) is 2. The second kappa shape index (κ2) is 3.19. The normalized spacial score (nSPS) is 30.6. The Hall–Kier alpha value is -0.620. The number of likely N-dealkylation sites (tertiary alicyclic amines) is 1. The van der Waals surface area contributed by atoms with E-state index in [0.29, 0.717) is 18.5 Å². The molecule has 1 rings (SSSR count). The first-order chi connectivity index (χ1) is 5.16. The summed E-state index contributed by atoms with van der Waals surface area (Å²) in [6, 6.07) is 2.58. The van der Waals surface area contributed by atoms with Crippen LogP contribution in [0.3, 0.4) is 0 Å². The van der Waals surface area contributed by atoms with Crippen LogP contribution in [0.15, 0.2) is 0 Å². The first kappa shape index (κ1) is 8.48. The van der Waals surface area contributed by atoms with Crippen LogP contribution in [0.1, 0.15) is 20.3 Å². The van der Waals surface area contributed by atoms with Crippen molar-refractivity contribution in [3.05, 3.63) is 0 Å². The van der Waals surface area contributed by atoms with Crippen LogP contribution in [0.25, 0.3) is 0 Å². The molecule has 2 nitrogen and oxygen atoms in total. The highest BCUT2D eigenvalue weighted by molar-refractivity contribution is 7.80. The van der Waals surface area contributed by atoms with E-state index in [1.54, 1.807) is 0 Å². The summed E-state index contributed by atoms with van der Waals surface area (Å²) < 4.78 is 0. The summed E-state index contributed by atoms with van der Waals surface area (Å²) in [6.45, 7) is 4.75. The maximum absolute atomic E-state index is 8.50. The first-order valence-electron chi connectivity index (χ1n) is 3.83. The molecule has 1 heterocycles. The van der Waals surface area contributed by atoms with Gasteiger partial charge in [0, 0.05) is 12.5 Å². The molecule has 0 saturated carbocycles. The van der Waals surface area contributed by atoms with Crippen LogP contribution in [0, 0.1) is 17.2 Å². The van der Waals surface area contributed by atoms with Gasteiger partial charge in [0.1, 0.15) is 6.54 Å². The van der Waals surface area contributed by atoms with Crippen molar-refractivity contribution >= 4 is 17.2 Å². The molecule has 2 atom stereocenters. The van der Waals surface area contributed by atoms with Gasteiger partial charge in [-0.3, -0.25) is 0 Å². The Kier molecular flexibility index (Phi) is 2.45. The van der Waals surface area contributed by atoms with Crippen LogP contribution < -0.4 is 0 Å². The minimum Gasteiger partial charge on any atom is -0.350 e. The van der Waals surface area contributed by atoms with Crippen molar-refractivity contribution in [2.24, 2.45) is 5.92 Å². The molecule has 60 valence electrons. The van der Waals surface area contributed by atoms with Gasteiger partial charge in [-0.15, -0.1) is 0 Å². The minimum absolute atomic E-state index is 0.446. The Balaban J connectivity index is 2.65. The molecular formula is C8H12N2S. The van der Waals surface area contributed by atoms with Crippen LogP contribution >= 0.6 is 12.2 Å². The fourth-order valence-corrected chi connectivity index (χ4v) is 1.90. The van der Waals surface area contributed by atoms with Gasteiger partial charge in [-0.1, -0.05) is 19.1 Å². The Morgan fingerprint density at radius 3 is 2.73 bits per heavy atom. The average molecular weight is 168 g/mol. The molecule has 1 fully saturated rings. The van der Waals surface area contributed by atoms with Crippen LogP contribution in [-0.2, 0) is 0 Å². The maximum atomic E-state index is 8.50. The van der Waals surface area contributed by atoms with Gasteiger partial charge >= 0.3 is 0 Å². The van der Waals surface area contributed by atoms with Crippen LogP contribution in [-0.4, -0.2) is 22.5 Å². The number of hydrogen-bond donors (Lipinski definition) is 0. The highest BCUT2D eigenvalue weighted by Crippen LogP contribution is 2.24. The number of nitriles is 1. The number of thiocarbonyl (C=S) groups is 1. The van der Waals surface area contributed by atoms with Gasteiger partial charge in [-0.25, -0.2) is 0 Å². The molecule has 11 heavy (non-hydrogen) atoms. The van der Waals surface area contributed by atoms with E-state index in [4.69, 9.17) is 17.5 Å². The molecule has 1 aliphatic rings. The molecule has 0 spiro atoms. The molecule has 0 aromatic carbocycles. The van der Waals surface area contributed by atoms with E-state index < -0.39 is 0 Å². The SMILES string of the molecule is CC1CC(=S)N(CC#N)C1C. The molecule has 0 aromatic rings. The van der Waals surface area contributed by atoms with Crippen molar-refractivity contribution < 1.29 is 0 Å². The predicted molar refractivity (Wildman–Crippen MR) is 48.2 cm³/mol. The third-order valence-corrected chi connectivity index (χ3v) is 2.77. The van der Waals surface area contributed by atoms with Crippen LogP contribution in [0.4, 0.5) is 0 Å². The summed E-state index contributed by atoms with van der Waals surface area (Å²) in [4.78, 5) is 2.96. The highest BCUT2D eigenvalue weighted by Gasteiger charge is 2.30. The lowest BCUT2D eigenvalue weighted by molar-refractivity contribution is 0.337. The number of nitrogens with zero attached hydrogens (tertiary/aromatic N) is 2. The molecule has 1 aliphatic heterocycles. The second-order valence-electron chi connectivity index (χ2n) is 3.10. The van der Waals surface area contributed by atoms with Crippen molar-refractivity contribution in [2.45, 2.75) is 26.3 Å². The van der Waals surface area contributed by atoms with E-state index in [9.17, 15) is 0 Å². The Bertz CT molecular complexity index is 207. The van der Waals surface area contributed by atoms with Gasteiger partial charge in [0.25, 0.3) is 0 Å². The molecule has 0 bridgehead atoms. The van der Waals surface area contributed by atoms with E-state index in [-0.39, 0.29) is 0 Å². The molecule has 0 radical (unpaired) electrons. The molecule has 1 saturated heterocycles. The smallest absolute Gasteiger partial charge is 0.106 e. The lowest BCUT2D eigenvalue weighted by Crippen LogP contribution is -2.31. The molecular weight excluding hydrogens is 156 g/mol. The zero-order valence-electron chi connectivity index (χ0n) is 6.87. The lowest BCUT2D eigenvalue weighted by atomic mass is 10.1. The molecule has 0 aliphatic carbocycles. The van der Waals surface area contributed by atoms with Gasteiger partial charge in [0.15, 0.2) is 0 Å². The maximum Gasteiger partial charge on any atom is 0.106 e. The van der Waals surface area contributed by atoms with Gasteiger partial charge in [0.2, 0.25) is 0 Å². The third-order valence-electron chi connectivity index (χ3n) is 2.37. The monoisotopic (exact) mass is 168 g/mol. The summed E-state index contributed by atoms with van der Waals surface area (Å²) >= 11 is 5.13. The van der Waals surface area contributed by atoms with Crippen molar-refractivity contribution in [1.82, 2.24) is 4.90 Å². The van der Waals surface area contributed by atoms with E-state index >= 15 is 0 Å². The zero-order valence-corrected chi connectivity index (χ0v) is 7.69. The van der Waals surface area contributed by atoms with Gasteiger partial charge in [-0.2, -0.15) is 5.26 Å². The summed E-state index contributed by atoms with van der Waals surface area (Å²) in [5.41, 5.74) is 0. The van der Waals surface area contributed by atoms with Crippen LogP contribution in [0.2, 0.25) is 0 Å². The summed E-state index contributed by atoms with van der Waals surface area (Å²) in [5.74, 6) is 0.607. The van der Waals surface area contributed by atoms with E-state index in [1.165, 1.54) is 0 Å². The van der Waals surface area contributed by atoms with Crippen molar-refractivity contribution in [3.63, 3.8) is 0 Å². The van der Waals surface area contributed by atoms with E-state index in [2.05, 4.69) is 19.9 Å². The van der Waals surface area contributed by atoms with Crippen molar-refractivity contribution in [2.75, 3.05) is 6.54 Å². The quantitative estimate of drug-likeness (QED) is 0.439. The second-order valence-corrected chi connectivity index (χ2v) is 3.57. The largest absolute Gasteiger partial charge is 0.350 e. The standard InChI is InChI=1S/C8H12N2S/c1-6-5-8(11)10(4-3-9)7(6)2/h6-7H,4-5H2,1-2H3. The lowest BCUT2D eigenvalue weighted by Gasteiger charge is -2.21. The van der Waals surface area contributed by atoms with Crippen molar-refractivity contribution in [1.29, 1.82) is 5.26 Å². The highest BCUT2D eigenvalue weighted by atomic mass is 32.1. The average Bonchev–Trinajstić information content (AvgIpc) is 2.17. The topological polar surface area (TPSA) is 27.0 Å². The molecule has 0 aromatic heterocycles. The Labute approximate surface area is 72.8 Å². The summed E-state index contributed by atoms with van der Waals surface area (Å²) in [6.07, 6.45) is 0.970. The molecule has 2 unspecified atom stereocenters. The summed E-state index contributed by atoms with van der Waals surface area (Å²) in [5, 5.41) is 8.50. The van der Waals surface area contributed by atoms with Crippen molar-refractivity contribution in [3.8, 4) is 6.07 Å².